The van der Waals surface area contributed by atoms with Crippen LogP contribution in [0.25, 0.3) is 21.3 Å². The highest BCUT2D eigenvalue weighted by Gasteiger charge is 2.20. The second-order valence-corrected chi connectivity index (χ2v) is 11.0. The highest BCUT2D eigenvalue weighted by atomic mass is 32.1. The van der Waals surface area contributed by atoms with Crippen LogP contribution in [-0.4, -0.2) is 44.9 Å². The Kier molecular flexibility index (Phi) is 7.86. The number of methoxy groups -OCH3 is 1. The van der Waals surface area contributed by atoms with Gasteiger partial charge in [-0.3, -0.25) is 14.2 Å². The van der Waals surface area contributed by atoms with E-state index < -0.39 is 5.97 Å². The number of ether oxygens (including phenoxy) is 2. The van der Waals surface area contributed by atoms with Gasteiger partial charge in [0.1, 0.15) is 18.1 Å². The SMILES string of the molecule is COc1cccc(C(=O)c2ccc3c(c2)sc(=O)n3CCOc2ccc(Cc3c(O)n(OC(C)=O)c4ncccc34)cc2)c1. The number of hydrogen-bond donors (Lipinski definition) is 1. The van der Waals surface area contributed by atoms with Gasteiger partial charge in [0, 0.05) is 41.6 Å². The number of fused-ring (bicyclic) bond motifs is 2. The van der Waals surface area contributed by atoms with Crippen molar-refractivity contribution in [3.63, 3.8) is 0 Å². The van der Waals surface area contributed by atoms with Gasteiger partial charge in [0.05, 0.1) is 23.9 Å². The molecule has 222 valence electrons. The maximum Gasteiger partial charge on any atom is 0.330 e. The van der Waals surface area contributed by atoms with Crippen molar-refractivity contribution in [3.8, 4) is 17.4 Å². The fourth-order valence-electron chi connectivity index (χ4n) is 5.04. The number of carbonyl (C=O) groups is 2. The summed E-state index contributed by atoms with van der Waals surface area (Å²) >= 11 is 1.09. The molecule has 0 bridgehead atoms. The Bertz CT molecular complexity index is 2080. The Morgan fingerprint density at radius 3 is 2.52 bits per heavy atom. The summed E-state index contributed by atoms with van der Waals surface area (Å²) in [4.78, 5) is 46.6. The zero-order chi connectivity index (χ0) is 30.8. The molecule has 3 aromatic carbocycles. The molecule has 44 heavy (non-hydrogen) atoms. The largest absolute Gasteiger partial charge is 0.497 e. The van der Waals surface area contributed by atoms with E-state index in [-0.39, 0.29) is 23.1 Å². The molecule has 3 heterocycles. The minimum absolute atomic E-state index is 0.132. The van der Waals surface area contributed by atoms with Crippen LogP contribution in [0.4, 0.5) is 0 Å². The van der Waals surface area contributed by atoms with E-state index in [0.717, 1.165) is 31.8 Å². The van der Waals surface area contributed by atoms with Crippen LogP contribution < -0.4 is 19.2 Å². The first-order valence-corrected chi connectivity index (χ1v) is 14.5. The zero-order valence-electron chi connectivity index (χ0n) is 23.9. The van der Waals surface area contributed by atoms with Gasteiger partial charge in [-0.05, 0) is 60.2 Å². The topological polar surface area (TPSA) is 122 Å². The molecular weight excluding hydrogens is 582 g/mol. The molecule has 0 amide bonds. The lowest BCUT2D eigenvalue weighted by molar-refractivity contribution is -0.141. The van der Waals surface area contributed by atoms with Gasteiger partial charge in [-0.15, -0.1) is 4.73 Å². The summed E-state index contributed by atoms with van der Waals surface area (Å²) in [5.74, 6) is 0.328. The Balaban J connectivity index is 1.12. The van der Waals surface area contributed by atoms with E-state index in [2.05, 4.69) is 4.98 Å². The monoisotopic (exact) mass is 609 g/mol. The lowest BCUT2D eigenvalue weighted by Gasteiger charge is -2.09. The molecule has 0 radical (unpaired) electrons. The third-order valence-electron chi connectivity index (χ3n) is 7.14. The maximum atomic E-state index is 13.0. The lowest BCUT2D eigenvalue weighted by atomic mass is 10.0. The molecule has 0 spiro atoms. The van der Waals surface area contributed by atoms with E-state index in [1.165, 1.54) is 6.92 Å². The van der Waals surface area contributed by atoms with Crippen LogP contribution >= 0.6 is 11.3 Å². The summed E-state index contributed by atoms with van der Waals surface area (Å²) in [5, 5.41) is 11.4. The molecule has 6 aromatic rings. The first-order valence-electron chi connectivity index (χ1n) is 13.7. The molecule has 10 nitrogen and oxygen atoms in total. The number of thiazole rings is 1. The Labute approximate surface area is 255 Å². The zero-order valence-corrected chi connectivity index (χ0v) is 24.7. The first-order chi connectivity index (χ1) is 21.3. The number of pyridine rings is 1. The fourth-order valence-corrected chi connectivity index (χ4v) is 6.00. The van der Waals surface area contributed by atoms with E-state index in [1.807, 2.05) is 30.3 Å². The van der Waals surface area contributed by atoms with Crippen molar-refractivity contribution in [1.82, 2.24) is 14.3 Å². The summed E-state index contributed by atoms with van der Waals surface area (Å²) < 4.78 is 14.6. The van der Waals surface area contributed by atoms with E-state index in [9.17, 15) is 19.5 Å². The van der Waals surface area contributed by atoms with Crippen molar-refractivity contribution in [1.29, 1.82) is 0 Å². The van der Waals surface area contributed by atoms with Gasteiger partial charge < -0.3 is 19.4 Å². The average molecular weight is 610 g/mol. The Morgan fingerprint density at radius 2 is 1.75 bits per heavy atom. The molecule has 0 fully saturated rings. The molecule has 1 N–H and O–H groups in total. The van der Waals surface area contributed by atoms with Crippen LogP contribution in [-0.2, 0) is 17.8 Å². The quantitative estimate of drug-likeness (QED) is 0.215. The molecule has 0 aliphatic heterocycles. The van der Waals surface area contributed by atoms with E-state index in [1.54, 1.807) is 66.4 Å². The number of nitrogens with zero attached hydrogens (tertiary/aromatic N) is 3. The van der Waals surface area contributed by atoms with Crippen molar-refractivity contribution in [3.05, 3.63) is 117 Å². The molecule has 0 aliphatic carbocycles. The average Bonchev–Trinajstić information content (AvgIpc) is 3.49. The van der Waals surface area contributed by atoms with Crippen LogP contribution in [0.3, 0.4) is 0 Å². The molecule has 3 aromatic heterocycles. The second kappa shape index (κ2) is 12.1. The molecule has 6 rings (SSSR count). The highest BCUT2D eigenvalue weighted by Crippen LogP contribution is 2.31. The van der Waals surface area contributed by atoms with Gasteiger partial charge in [0.2, 0.25) is 5.88 Å². The maximum absolute atomic E-state index is 13.0. The smallest absolute Gasteiger partial charge is 0.330 e. The number of aromatic nitrogens is 3. The number of aromatic hydroxyl groups is 1. The summed E-state index contributed by atoms with van der Waals surface area (Å²) in [5.41, 5.74) is 3.58. The Morgan fingerprint density at radius 1 is 0.955 bits per heavy atom. The van der Waals surface area contributed by atoms with Gasteiger partial charge in [-0.1, -0.05) is 35.6 Å². The number of ketones is 1. The molecule has 11 heteroatoms. The van der Waals surface area contributed by atoms with Crippen LogP contribution in [0.15, 0.2) is 89.9 Å². The molecule has 0 saturated heterocycles. The summed E-state index contributed by atoms with van der Waals surface area (Å²) in [6.45, 7) is 1.85. The molecule has 0 unspecified atom stereocenters. The van der Waals surface area contributed by atoms with Crippen LogP contribution in [0, 0.1) is 0 Å². The minimum Gasteiger partial charge on any atom is -0.497 e. The fraction of sp³-hybridized carbons (Fsp3) is 0.152. The molecule has 0 saturated carbocycles. The molecule has 0 aliphatic rings. The predicted octanol–water partition coefficient (Wildman–Crippen LogP) is 5.00. The van der Waals surface area contributed by atoms with Crippen molar-refractivity contribution in [2.45, 2.75) is 19.9 Å². The van der Waals surface area contributed by atoms with Crippen LogP contribution in [0.1, 0.15) is 34.0 Å². The second-order valence-electron chi connectivity index (χ2n) is 9.99. The van der Waals surface area contributed by atoms with Gasteiger partial charge >= 0.3 is 10.8 Å². The summed E-state index contributed by atoms with van der Waals surface area (Å²) in [7, 11) is 1.55. The third-order valence-corrected chi connectivity index (χ3v) is 8.08. The summed E-state index contributed by atoms with van der Waals surface area (Å²) in [6, 6.07) is 23.2. The van der Waals surface area contributed by atoms with Crippen molar-refractivity contribution >= 4 is 44.3 Å². The summed E-state index contributed by atoms with van der Waals surface area (Å²) in [6.07, 6.45) is 1.94. The number of rotatable bonds is 10. The van der Waals surface area contributed by atoms with E-state index in [4.69, 9.17) is 14.3 Å². The van der Waals surface area contributed by atoms with Gasteiger partial charge in [0.25, 0.3) is 0 Å². The number of benzene rings is 3. The van der Waals surface area contributed by atoms with E-state index >= 15 is 0 Å². The van der Waals surface area contributed by atoms with Gasteiger partial charge in [0.15, 0.2) is 11.4 Å². The lowest BCUT2D eigenvalue weighted by Crippen LogP contribution is -2.17. The van der Waals surface area contributed by atoms with Crippen molar-refractivity contribution in [2.75, 3.05) is 13.7 Å². The molecule has 0 atom stereocenters. The molecular formula is C33H27N3O7S. The van der Waals surface area contributed by atoms with Crippen LogP contribution in [0.5, 0.6) is 17.4 Å². The predicted molar refractivity (Wildman–Crippen MR) is 166 cm³/mol. The Hall–Kier alpha value is -5.42. The van der Waals surface area contributed by atoms with Crippen molar-refractivity contribution < 1.29 is 29.0 Å². The van der Waals surface area contributed by atoms with Gasteiger partial charge in [-0.2, -0.15) is 0 Å². The van der Waals surface area contributed by atoms with Crippen molar-refractivity contribution in [2.24, 2.45) is 0 Å². The highest BCUT2D eigenvalue weighted by molar-refractivity contribution is 7.16. The third kappa shape index (κ3) is 5.64. The normalized spacial score (nSPS) is 11.1. The van der Waals surface area contributed by atoms with Gasteiger partial charge in [-0.25, -0.2) is 9.78 Å². The van der Waals surface area contributed by atoms with E-state index in [0.29, 0.717) is 52.2 Å². The standard InChI is InChI=1S/C33H27N3O7S/c1-20(37)43-36-31-26(7-4-14-34-31)27(32(36)39)17-21-8-11-24(12-9-21)42-16-15-35-28-13-10-23(19-29(28)44-33(35)40)30(38)22-5-3-6-25(18-22)41-2/h3-14,18-19,39H,15-17H2,1-2H3. The minimum atomic E-state index is -0.571. The number of hydrogen-bond acceptors (Lipinski definition) is 9. The first kappa shape index (κ1) is 28.7. The number of carbonyl (C=O) groups excluding carboxylic acids is 2. The van der Waals surface area contributed by atoms with Crippen LogP contribution in [0.2, 0.25) is 0 Å².